The van der Waals surface area contributed by atoms with Crippen LogP contribution in [-0.4, -0.2) is 5.75 Å². The number of unbranched alkanes of at least 4 members (excludes halogenated alkanes) is 6. The Morgan fingerprint density at radius 1 is 1.00 bits per heavy atom. The van der Waals surface area contributed by atoms with Gasteiger partial charge >= 0.3 is 0 Å². The van der Waals surface area contributed by atoms with Crippen molar-refractivity contribution in [1.29, 1.82) is 0 Å². The van der Waals surface area contributed by atoms with Crippen molar-refractivity contribution in [3.05, 3.63) is 23.8 Å². The lowest BCUT2D eigenvalue weighted by atomic mass is 10.1. The highest BCUT2D eigenvalue weighted by molar-refractivity contribution is 7.99. The lowest BCUT2D eigenvalue weighted by molar-refractivity contribution is 0.603. The number of rotatable bonds is 9. The molecule has 0 atom stereocenters. The van der Waals surface area contributed by atoms with E-state index >= 15 is 0 Å². The second kappa shape index (κ2) is 9.32. The van der Waals surface area contributed by atoms with Gasteiger partial charge < -0.3 is 5.73 Å². The van der Waals surface area contributed by atoms with Crippen molar-refractivity contribution in [2.45, 2.75) is 63.7 Å². The van der Waals surface area contributed by atoms with Crippen molar-refractivity contribution in [1.82, 2.24) is 0 Å². The fourth-order valence-corrected chi connectivity index (χ4v) is 3.08. The van der Waals surface area contributed by atoms with E-state index in [1.165, 1.54) is 61.2 Å². The summed E-state index contributed by atoms with van der Waals surface area (Å²) in [5.74, 6) is 1.20. The molecular formula is C16H27NS. The number of thioether (sulfide) groups is 1. The van der Waals surface area contributed by atoms with E-state index in [1.807, 2.05) is 11.8 Å². The van der Waals surface area contributed by atoms with Crippen LogP contribution in [0.25, 0.3) is 0 Å². The smallest absolute Gasteiger partial charge is 0.0481 e. The van der Waals surface area contributed by atoms with E-state index in [4.69, 9.17) is 5.73 Å². The second-order valence-corrected chi connectivity index (χ2v) is 6.09. The molecule has 1 aromatic rings. The van der Waals surface area contributed by atoms with Crippen LogP contribution in [0.4, 0.5) is 5.69 Å². The predicted molar refractivity (Wildman–Crippen MR) is 84.3 cm³/mol. The molecule has 0 aromatic heterocycles. The van der Waals surface area contributed by atoms with Gasteiger partial charge in [0.05, 0.1) is 0 Å². The molecular weight excluding hydrogens is 238 g/mol. The summed E-state index contributed by atoms with van der Waals surface area (Å²) in [6, 6.07) is 6.31. The van der Waals surface area contributed by atoms with Gasteiger partial charge in [0.2, 0.25) is 0 Å². The third kappa shape index (κ3) is 5.81. The first-order chi connectivity index (χ1) is 8.75. The van der Waals surface area contributed by atoms with Gasteiger partial charge in [-0.15, -0.1) is 11.8 Å². The normalized spacial score (nSPS) is 10.8. The van der Waals surface area contributed by atoms with E-state index < -0.39 is 0 Å². The van der Waals surface area contributed by atoms with Crippen LogP contribution in [0.15, 0.2) is 23.1 Å². The number of nitrogen functional groups attached to an aromatic ring is 1. The Bertz CT molecular complexity index is 336. The standard InChI is InChI=1S/C16H27NS/c1-3-4-5-6-7-8-9-13-18-15-12-10-11-14(2)16(15)17/h10-12H,3-9,13,17H2,1-2H3. The van der Waals surface area contributed by atoms with E-state index in [1.54, 1.807) is 0 Å². The lowest BCUT2D eigenvalue weighted by Gasteiger charge is -2.07. The zero-order valence-electron chi connectivity index (χ0n) is 11.9. The zero-order valence-corrected chi connectivity index (χ0v) is 12.7. The molecule has 0 spiro atoms. The summed E-state index contributed by atoms with van der Waals surface area (Å²) in [6.07, 6.45) is 9.62. The van der Waals surface area contributed by atoms with Crippen LogP contribution in [-0.2, 0) is 0 Å². The summed E-state index contributed by atoms with van der Waals surface area (Å²) >= 11 is 1.90. The maximum Gasteiger partial charge on any atom is 0.0481 e. The van der Waals surface area contributed by atoms with Crippen molar-refractivity contribution in [3.63, 3.8) is 0 Å². The molecule has 1 rings (SSSR count). The molecule has 2 N–H and O–H groups in total. The Kier molecular flexibility index (Phi) is 7.99. The average molecular weight is 265 g/mol. The van der Waals surface area contributed by atoms with E-state index in [0.717, 1.165) is 5.69 Å². The first kappa shape index (κ1) is 15.4. The molecule has 0 bridgehead atoms. The number of hydrogen-bond donors (Lipinski definition) is 1. The fourth-order valence-electron chi connectivity index (χ4n) is 2.02. The van der Waals surface area contributed by atoms with Gasteiger partial charge in [0.15, 0.2) is 0 Å². The number of anilines is 1. The number of benzene rings is 1. The number of nitrogens with two attached hydrogens (primary N) is 1. The largest absolute Gasteiger partial charge is 0.398 e. The van der Waals surface area contributed by atoms with Gasteiger partial charge in [0.1, 0.15) is 0 Å². The highest BCUT2D eigenvalue weighted by Gasteiger charge is 2.01. The molecule has 0 saturated carbocycles. The van der Waals surface area contributed by atoms with Crippen molar-refractivity contribution < 1.29 is 0 Å². The van der Waals surface area contributed by atoms with Crippen LogP contribution in [0.2, 0.25) is 0 Å². The van der Waals surface area contributed by atoms with Crippen LogP contribution in [0.5, 0.6) is 0 Å². The van der Waals surface area contributed by atoms with Crippen LogP contribution in [0.1, 0.15) is 57.4 Å². The molecule has 0 aliphatic rings. The lowest BCUT2D eigenvalue weighted by Crippen LogP contribution is -1.92. The van der Waals surface area contributed by atoms with E-state index in [2.05, 4.69) is 32.0 Å². The molecule has 0 radical (unpaired) electrons. The van der Waals surface area contributed by atoms with Gasteiger partial charge in [-0.05, 0) is 30.7 Å². The quantitative estimate of drug-likeness (QED) is 0.366. The van der Waals surface area contributed by atoms with Crippen LogP contribution < -0.4 is 5.73 Å². The number of aryl methyl sites for hydroxylation is 1. The molecule has 0 unspecified atom stereocenters. The summed E-state index contributed by atoms with van der Waals surface area (Å²) < 4.78 is 0. The molecule has 0 heterocycles. The fraction of sp³-hybridized carbons (Fsp3) is 0.625. The summed E-state index contributed by atoms with van der Waals surface area (Å²) in [6.45, 7) is 4.34. The summed E-state index contributed by atoms with van der Waals surface area (Å²) in [5, 5.41) is 0. The first-order valence-electron chi connectivity index (χ1n) is 7.23. The van der Waals surface area contributed by atoms with Gasteiger partial charge in [-0.2, -0.15) is 0 Å². The van der Waals surface area contributed by atoms with Crippen LogP contribution in [0, 0.1) is 6.92 Å². The van der Waals surface area contributed by atoms with E-state index in [-0.39, 0.29) is 0 Å². The van der Waals surface area contributed by atoms with Gasteiger partial charge in [0, 0.05) is 10.6 Å². The topological polar surface area (TPSA) is 26.0 Å². The maximum atomic E-state index is 6.06. The molecule has 0 aliphatic heterocycles. The Morgan fingerprint density at radius 2 is 1.67 bits per heavy atom. The van der Waals surface area contributed by atoms with Crippen LogP contribution >= 0.6 is 11.8 Å². The van der Waals surface area contributed by atoms with Crippen molar-refractivity contribution in [2.75, 3.05) is 11.5 Å². The Hall–Kier alpha value is -0.630. The highest BCUT2D eigenvalue weighted by atomic mass is 32.2. The van der Waals surface area contributed by atoms with Gasteiger partial charge in [-0.3, -0.25) is 0 Å². The van der Waals surface area contributed by atoms with E-state index in [0.29, 0.717) is 0 Å². The molecule has 1 nitrogen and oxygen atoms in total. The van der Waals surface area contributed by atoms with Gasteiger partial charge in [-0.25, -0.2) is 0 Å². The molecule has 0 fully saturated rings. The molecule has 1 aromatic carbocycles. The minimum atomic E-state index is 0.963. The van der Waals surface area contributed by atoms with Crippen LogP contribution in [0.3, 0.4) is 0 Å². The van der Waals surface area contributed by atoms with Crippen molar-refractivity contribution in [2.24, 2.45) is 0 Å². The summed E-state index contributed by atoms with van der Waals surface area (Å²) in [5.41, 5.74) is 8.21. The minimum absolute atomic E-state index is 0.963. The number of hydrogen-bond acceptors (Lipinski definition) is 2. The second-order valence-electron chi connectivity index (χ2n) is 4.96. The first-order valence-corrected chi connectivity index (χ1v) is 8.22. The molecule has 102 valence electrons. The number of para-hydroxylation sites is 1. The summed E-state index contributed by atoms with van der Waals surface area (Å²) in [4.78, 5) is 1.25. The SMILES string of the molecule is CCCCCCCCCSc1cccc(C)c1N. The third-order valence-corrected chi connectivity index (χ3v) is 4.45. The molecule has 2 heteroatoms. The Balaban J connectivity index is 2.09. The molecule has 0 saturated heterocycles. The minimum Gasteiger partial charge on any atom is -0.398 e. The summed E-state index contributed by atoms with van der Waals surface area (Å²) in [7, 11) is 0. The van der Waals surface area contributed by atoms with E-state index in [9.17, 15) is 0 Å². The monoisotopic (exact) mass is 265 g/mol. The van der Waals surface area contributed by atoms with Crippen molar-refractivity contribution in [3.8, 4) is 0 Å². The maximum absolute atomic E-state index is 6.06. The Labute approximate surface area is 117 Å². The average Bonchev–Trinajstić information content (AvgIpc) is 2.37. The molecule has 0 amide bonds. The van der Waals surface area contributed by atoms with Gasteiger partial charge in [0.25, 0.3) is 0 Å². The van der Waals surface area contributed by atoms with Crippen molar-refractivity contribution >= 4 is 17.4 Å². The highest BCUT2D eigenvalue weighted by Crippen LogP contribution is 2.28. The van der Waals surface area contributed by atoms with Gasteiger partial charge in [-0.1, -0.05) is 57.6 Å². The zero-order chi connectivity index (χ0) is 13.2. The molecule has 0 aliphatic carbocycles. The third-order valence-electron chi connectivity index (χ3n) is 3.29. The Morgan fingerprint density at radius 3 is 2.39 bits per heavy atom. The predicted octanol–water partition coefficient (Wildman–Crippen LogP) is 5.42. The molecule has 18 heavy (non-hydrogen) atoms.